The summed E-state index contributed by atoms with van der Waals surface area (Å²) in [5.41, 5.74) is 0. The summed E-state index contributed by atoms with van der Waals surface area (Å²) in [7, 11) is 0. The number of carbonyl (C=O) groups is 1. The maximum absolute atomic E-state index is 11.8. The van der Waals surface area contributed by atoms with Crippen molar-refractivity contribution in [2.75, 3.05) is 19.6 Å². The Balaban J connectivity index is 0.00000220. The van der Waals surface area contributed by atoms with Gasteiger partial charge in [0.25, 0.3) is 0 Å². The molecule has 128 valence electrons. The first kappa shape index (κ1) is 21.2. The number of aromatic nitrogens is 2. The summed E-state index contributed by atoms with van der Waals surface area (Å²) in [4.78, 5) is 16.1. The first-order valence-electron chi connectivity index (χ1n) is 7.24. The zero-order valence-corrected chi connectivity index (χ0v) is 14.6. The van der Waals surface area contributed by atoms with Crippen LogP contribution in [0.3, 0.4) is 0 Å². The lowest BCUT2D eigenvalue weighted by molar-refractivity contribution is -0.121. The van der Waals surface area contributed by atoms with Gasteiger partial charge in [-0.1, -0.05) is 13.8 Å². The van der Waals surface area contributed by atoms with Crippen molar-refractivity contribution in [3.63, 3.8) is 0 Å². The molecule has 0 saturated carbocycles. The van der Waals surface area contributed by atoms with Crippen LogP contribution in [-0.4, -0.2) is 46.3 Å². The third-order valence-electron chi connectivity index (χ3n) is 3.71. The molecular formula is C14H26Cl2N4O2. The van der Waals surface area contributed by atoms with E-state index < -0.39 is 0 Å². The van der Waals surface area contributed by atoms with Crippen LogP contribution in [0.1, 0.15) is 32.0 Å². The van der Waals surface area contributed by atoms with Crippen molar-refractivity contribution in [3.05, 3.63) is 18.2 Å². The van der Waals surface area contributed by atoms with Crippen molar-refractivity contribution in [3.8, 4) is 0 Å². The molecule has 1 amide bonds. The smallest absolute Gasteiger partial charge is 0.221 e. The molecule has 0 aromatic carbocycles. The molecule has 0 aliphatic carbocycles. The van der Waals surface area contributed by atoms with E-state index in [1.807, 2.05) is 10.8 Å². The Kier molecular flexibility index (Phi) is 9.67. The van der Waals surface area contributed by atoms with Crippen molar-refractivity contribution in [1.82, 2.24) is 20.2 Å². The summed E-state index contributed by atoms with van der Waals surface area (Å²) in [6, 6.07) is 0. The Morgan fingerprint density at radius 1 is 1.50 bits per heavy atom. The number of nitrogens with zero attached hydrogens (tertiary/aromatic N) is 2. The highest BCUT2D eigenvalue weighted by Crippen LogP contribution is 2.12. The van der Waals surface area contributed by atoms with E-state index >= 15 is 0 Å². The molecule has 1 fully saturated rings. The van der Waals surface area contributed by atoms with Crippen molar-refractivity contribution in [1.29, 1.82) is 0 Å². The standard InChI is InChI=1S/C14H24N4O2.2ClH/c1-10(2)14-16-4-6-18(14)5-3-13(20)17-8-11-7-15-9-12(11)19;;/h4,6,10-12,15,19H,3,5,7-9H2,1-2H3,(H,17,20);2*1H. The van der Waals surface area contributed by atoms with Crippen molar-refractivity contribution < 1.29 is 9.90 Å². The van der Waals surface area contributed by atoms with Gasteiger partial charge in [0.1, 0.15) is 5.82 Å². The van der Waals surface area contributed by atoms with Crippen molar-refractivity contribution in [2.24, 2.45) is 5.92 Å². The number of aryl methyl sites for hydroxylation is 1. The molecule has 2 rings (SSSR count). The number of rotatable bonds is 6. The predicted molar refractivity (Wildman–Crippen MR) is 90.8 cm³/mol. The Morgan fingerprint density at radius 3 is 2.82 bits per heavy atom. The molecular weight excluding hydrogens is 327 g/mol. The monoisotopic (exact) mass is 352 g/mol. The minimum Gasteiger partial charge on any atom is -0.391 e. The van der Waals surface area contributed by atoms with Gasteiger partial charge in [0.2, 0.25) is 5.91 Å². The molecule has 1 aliphatic heterocycles. The molecule has 2 unspecified atom stereocenters. The minimum atomic E-state index is -0.350. The number of hydrogen-bond donors (Lipinski definition) is 3. The lowest BCUT2D eigenvalue weighted by Gasteiger charge is -2.14. The quantitative estimate of drug-likeness (QED) is 0.711. The average Bonchev–Trinajstić information content (AvgIpc) is 3.02. The molecule has 3 N–H and O–H groups in total. The summed E-state index contributed by atoms with van der Waals surface area (Å²) in [5, 5.41) is 15.7. The first-order chi connectivity index (χ1) is 9.58. The lowest BCUT2D eigenvalue weighted by atomic mass is 10.1. The minimum absolute atomic E-state index is 0. The number of nitrogens with one attached hydrogen (secondary N) is 2. The van der Waals surface area contributed by atoms with Crippen molar-refractivity contribution in [2.45, 2.75) is 38.8 Å². The van der Waals surface area contributed by atoms with Crippen LogP contribution in [-0.2, 0) is 11.3 Å². The zero-order chi connectivity index (χ0) is 14.5. The van der Waals surface area contributed by atoms with E-state index in [0.717, 1.165) is 12.4 Å². The number of amides is 1. The van der Waals surface area contributed by atoms with Crippen LogP contribution in [0.15, 0.2) is 12.4 Å². The molecule has 22 heavy (non-hydrogen) atoms. The molecule has 1 aliphatic rings. The second-order valence-corrected chi connectivity index (χ2v) is 5.67. The van der Waals surface area contributed by atoms with Gasteiger partial charge in [0.15, 0.2) is 0 Å². The van der Waals surface area contributed by atoms with E-state index in [2.05, 4.69) is 29.5 Å². The Bertz CT molecular complexity index is 454. The normalized spacial score (nSPS) is 20.4. The number of halogens is 2. The van der Waals surface area contributed by atoms with E-state index in [1.165, 1.54) is 0 Å². The number of aliphatic hydroxyl groups is 1. The van der Waals surface area contributed by atoms with Gasteiger partial charge in [-0.2, -0.15) is 0 Å². The molecule has 0 bridgehead atoms. The molecule has 8 heteroatoms. The zero-order valence-electron chi connectivity index (χ0n) is 13.0. The topological polar surface area (TPSA) is 79.2 Å². The summed E-state index contributed by atoms with van der Waals surface area (Å²) < 4.78 is 2.02. The fourth-order valence-electron chi connectivity index (χ4n) is 2.49. The summed E-state index contributed by atoms with van der Waals surface area (Å²) in [6.07, 6.45) is 3.77. The predicted octanol–water partition coefficient (Wildman–Crippen LogP) is 0.937. The van der Waals surface area contributed by atoms with Gasteiger partial charge in [0.05, 0.1) is 6.10 Å². The summed E-state index contributed by atoms with van der Waals surface area (Å²) in [5.74, 6) is 1.51. The van der Waals surface area contributed by atoms with E-state index in [9.17, 15) is 9.90 Å². The van der Waals surface area contributed by atoms with E-state index in [0.29, 0.717) is 32.0 Å². The van der Waals surface area contributed by atoms with Crippen LogP contribution in [0.4, 0.5) is 0 Å². The van der Waals surface area contributed by atoms with E-state index in [1.54, 1.807) is 6.20 Å². The third-order valence-corrected chi connectivity index (χ3v) is 3.71. The van der Waals surface area contributed by atoms with Gasteiger partial charge in [-0.25, -0.2) is 4.98 Å². The Hall–Kier alpha value is -0.820. The molecule has 0 spiro atoms. The maximum Gasteiger partial charge on any atom is 0.221 e. The van der Waals surface area contributed by atoms with Crippen LogP contribution in [0.5, 0.6) is 0 Å². The number of carbonyl (C=O) groups excluding carboxylic acids is 1. The van der Waals surface area contributed by atoms with Gasteiger partial charge in [-0.05, 0) is 0 Å². The fraction of sp³-hybridized carbons (Fsp3) is 0.714. The summed E-state index contributed by atoms with van der Waals surface area (Å²) >= 11 is 0. The van der Waals surface area contributed by atoms with Crippen LogP contribution in [0, 0.1) is 5.92 Å². The average molecular weight is 353 g/mol. The summed E-state index contributed by atoms with van der Waals surface area (Å²) in [6.45, 7) is 6.74. The SMILES string of the molecule is CC(C)c1nccn1CCC(=O)NCC1CNCC1O.Cl.Cl. The number of β-amino-alcohol motifs (C(OH)–C–C–N with tert-alkyl or cyclic N) is 1. The fourth-order valence-corrected chi connectivity index (χ4v) is 2.49. The van der Waals surface area contributed by atoms with E-state index in [4.69, 9.17) is 0 Å². The number of imidazole rings is 1. The van der Waals surface area contributed by atoms with Gasteiger partial charge in [-0.15, -0.1) is 24.8 Å². The van der Waals surface area contributed by atoms with Gasteiger partial charge in [-0.3, -0.25) is 4.79 Å². The highest BCUT2D eigenvalue weighted by Gasteiger charge is 2.24. The molecule has 2 heterocycles. The van der Waals surface area contributed by atoms with Gasteiger partial charge < -0.3 is 20.3 Å². The highest BCUT2D eigenvalue weighted by molar-refractivity contribution is 5.85. The molecule has 0 radical (unpaired) electrons. The first-order valence-corrected chi connectivity index (χ1v) is 7.24. The van der Waals surface area contributed by atoms with Crippen LogP contribution < -0.4 is 10.6 Å². The molecule has 6 nitrogen and oxygen atoms in total. The second kappa shape index (κ2) is 10.0. The van der Waals surface area contributed by atoms with Crippen LogP contribution in [0.2, 0.25) is 0 Å². The molecule has 1 aromatic heterocycles. The van der Waals surface area contributed by atoms with Crippen LogP contribution in [0.25, 0.3) is 0 Å². The highest BCUT2D eigenvalue weighted by atomic mass is 35.5. The second-order valence-electron chi connectivity index (χ2n) is 5.67. The largest absolute Gasteiger partial charge is 0.391 e. The Labute approximate surface area is 143 Å². The van der Waals surface area contributed by atoms with Gasteiger partial charge in [0, 0.05) is 56.8 Å². The maximum atomic E-state index is 11.8. The van der Waals surface area contributed by atoms with Gasteiger partial charge >= 0.3 is 0 Å². The van der Waals surface area contributed by atoms with Crippen LogP contribution >= 0.6 is 24.8 Å². The third kappa shape index (κ3) is 5.76. The Morgan fingerprint density at radius 2 is 2.23 bits per heavy atom. The number of hydrogen-bond acceptors (Lipinski definition) is 4. The number of aliphatic hydroxyl groups excluding tert-OH is 1. The molecule has 2 atom stereocenters. The van der Waals surface area contributed by atoms with Crippen molar-refractivity contribution >= 4 is 30.7 Å². The molecule has 1 aromatic rings. The molecule has 1 saturated heterocycles. The van der Waals surface area contributed by atoms with E-state index in [-0.39, 0.29) is 42.7 Å². The lowest BCUT2D eigenvalue weighted by Crippen LogP contribution is -2.34.